The lowest BCUT2D eigenvalue weighted by molar-refractivity contribution is -0.124. The van der Waals surface area contributed by atoms with Crippen molar-refractivity contribution in [2.75, 3.05) is 26.1 Å². The molecule has 1 amide bonds. The molecule has 1 aliphatic heterocycles. The van der Waals surface area contributed by atoms with Crippen LogP contribution in [0.25, 0.3) is 0 Å². The summed E-state index contributed by atoms with van der Waals surface area (Å²) >= 11 is 1.69. The van der Waals surface area contributed by atoms with Crippen molar-refractivity contribution < 1.29 is 14.6 Å². The Morgan fingerprint density at radius 3 is 2.93 bits per heavy atom. The number of methoxy groups -OCH3 is 1. The molecule has 0 aromatic heterocycles. The van der Waals surface area contributed by atoms with Crippen molar-refractivity contribution in [3.63, 3.8) is 0 Å². The maximum absolute atomic E-state index is 11.9. The molecule has 0 bridgehead atoms. The second-order valence-electron chi connectivity index (χ2n) is 3.99. The summed E-state index contributed by atoms with van der Waals surface area (Å²) < 4.78 is 4.59. The Bertz CT molecular complexity index is 217. The highest BCUT2D eigenvalue weighted by Crippen LogP contribution is 2.37. The summed E-state index contributed by atoms with van der Waals surface area (Å²) in [6.45, 7) is 2.23. The van der Waals surface area contributed by atoms with E-state index in [1.54, 1.807) is 18.9 Å². The minimum absolute atomic E-state index is 0.0149. The van der Waals surface area contributed by atoms with Crippen LogP contribution in [0.1, 0.15) is 19.8 Å². The van der Waals surface area contributed by atoms with Crippen LogP contribution in [0, 0.1) is 0 Å². The van der Waals surface area contributed by atoms with E-state index in [0.717, 1.165) is 18.6 Å². The molecule has 4 nitrogen and oxygen atoms in total. The number of ether oxygens (including phenoxy) is 1. The number of hydrogen-bond donors (Lipinski definition) is 2. The van der Waals surface area contributed by atoms with Crippen molar-refractivity contribution in [2.45, 2.75) is 30.6 Å². The molecule has 0 radical (unpaired) electrons. The Morgan fingerprint density at radius 2 is 2.47 bits per heavy atom. The topological polar surface area (TPSA) is 58.6 Å². The molecule has 0 aliphatic carbocycles. The summed E-state index contributed by atoms with van der Waals surface area (Å²) in [4.78, 5) is 11.9. The van der Waals surface area contributed by atoms with Gasteiger partial charge in [-0.15, -0.1) is 11.8 Å². The minimum atomic E-state index is -0.318. The molecule has 2 unspecified atom stereocenters. The van der Waals surface area contributed by atoms with Crippen molar-refractivity contribution in [2.24, 2.45) is 0 Å². The summed E-state index contributed by atoms with van der Waals surface area (Å²) in [5.41, 5.74) is 0. The number of hydrogen-bond acceptors (Lipinski definition) is 4. The van der Waals surface area contributed by atoms with Gasteiger partial charge in [-0.3, -0.25) is 4.79 Å². The molecule has 0 saturated carbocycles. The summed E-state index contributed by atoms with van der Waals surface area (Å²) in [5.74, 6) is 1.05. The number of thioether (sulfide) groups is 1. The van der Waals surface area contributed by atoms with Crippen molar-refractivity contribution in [3.8, 4) is 0 Å². The van der Waals surface area contributed by atoms with Crippen LogP contribution in [-0.2, 0) is 9.53 Å². The number of carbonyl (C=O) groups excluding carboxylic acids is 1. The zero-order valence-corrected chi connectivity index (χ0v) is 10.1. The maximum atomic E-state index is 11.9. The van der Waals surface area contributed by atoms with E-state index >= 15 is 0 Å². The molecule has 1 saturated heterocycles. The molecule has 15 heavy (non-hydrogen) atoms. The predicted octanol–water partition coefficient (Wildman–Crippen LogP) is 0.396. The highest BCUT2D eigenvalue weighted by Gasteiger charge is 2.37. The zero-order valence-electron chi connectivity index (χ0n) is 9.28. The molecular weight excluding hydrogens is 214 g/mol. The van der Waals surface area contributed by atoms with E-state index in [0.29, 0.717) is 6.61 Å². The fourth-order valence-corrected chi connectivity index (χ4v) is 2.86. The van der Waals surface area contributed by atoms with E-state index in [9.17, 15) is 4.79 Å². The average molecular weight is 233 g/mol. The molecule has 0 spiro atoms. The molecule has 2 atom stereocenters. The van der Waals surface area contributed by atoms with Crippen molar-refractivity contribution in [3.05, 3.63) is 0 Å². The van der Waals surface area contributed by atoms with Crippen LogP contribution in [0.4, 0.5) is 0 Å². The van der Waals surface area contributed by atoms with Crippen LogP contribution >= 0.6 is 11.8 Å². The van der Waals surface area contributed by atoms with E-state index in [1.807, 2.05) is 6.92 Å². The Hall–Kier alpha value is -0.260. The van der Waals surface area contributed by atoms with E-state index in [4.69, 9.17) is 9.84 Å². The van der Waals surface area contributed by atoms with E-state index in [-0.39, 0.29) is 23.3 Å². The normalized spacial score (nSPS) is 27.7. The second-order valence-corrected chi connectivity index (χ2v) is 5.59. The molecule has 2 N–H and O–H groups in total. The first-order chi connectivity index (χ1) is 7.12. The fourth-order valence-electron chi connectivity index (χ4n) is 1.64. The second kappa shape index (κ2) is 5.72. The number of nitrogens with one attached hydrogen (secondary N) is 1. The first kappa shape index (κ1) is 12.8. The third kappa shape index (κ3) is 3.36. The third-order valence-electron chi connectivity index (χ3n) is 2.62. The van der Waals surface area contributed by atoms with Crippen molar-refractivity contribution in [1.29, 1.82) is 0 Å². The largest absolute Gasteiger partial charge is 0.394 e. The lowest BCUT2D eigenvalue weighted by Gasteiger charge is -2.25. The van der Waals surface area contributed by atoms with Gasteiger partial charge in [0.2, 0.25) is 5.91 Å². The number of rotatable bonds is 5. The summed E-state index contributed by atoms with van der Waals surface area (Å²) in [5, 5.41) is 11.8. The average Bonchev–Trinajstić information content (AvgIpc) is 2.65. The highest BCUT2D eigenvalue weighted by atomic mass is 32.2. The lowest BCUT2D eigenvalue weighted by atomic mass is 10.0. The van der Waals surface area contributed by atoms with E-state index in [2.05, 4.69) is 5.32 Å². The number of aliphatic hydroxyl groups is 1. The van der Waals surface area contributed by atoms with Gasteiger partial charge in [0.05, 0.1) is 24.0 Å². The Morgan fingerprint density at radius 1 is 1.73 bits per heavy atom. The van der Waals surface area contributed by atoms with Gasteiger partial charge in [-0.2, -0.15) is 0 Å². The van der Waals surface area contributed by atoms with Gasteiger partial charge in [0.25, 0.3) is 0 Å². The van der Waals surface area contributed by atoms with Gasteiger partial charge >= 0.3 is 0 Å². The fraction of sp³-hybridized carbons (Fsp3) is 0.900. The molecular formula is C10H19NO3S. The Kier molecular flexibility index (Phi) is 4.89. The van der Waals surface area contributed by atoms with Gasteiger partial charge in [0, 0.05) is 7.11 Å². The summed E-state index contributed by atoms with van der Waals surface area (Å²) in [6.07, 6.45) is 2.00. The maximum Gasteiger partial charge on any atom is 0.236 e. The minimum Gasteiger partial charge on any atom is -0.394 e. The van der Waals surface area contributed by atoms with Crippen LogP contribution < -0.4 is 5.32 Å². The zero-order chi connectivity index (χ0) is 11.3. The molecule has 1 fully saturated rings. The molecule has 5 heteroatoms. The number of carbonyl (C=O) groups is 1. The molecule has 1 rings (SSSR count). The monoisotopic (exact) mass is 233 g/mol. The van der Waals surface area contributed by atoms with Gasteiger partial charge in [0.1, 0.15) is 0 Å². The van der Waals surface area contributed by atoms with Crippen LogP contribution in [-0.4, -0.2) is 47.9 Å². The summed E-state index contributed by atoms with van der Waals surface area (Å²) in [6, 6.07) is -0.291. The van der Waals surface area contributed by atoms with Gasteiger partial charge in [0.15, 0.2) is 0 Å². The Labute approximate surface area is 94.8 Å². The third-order valence-corrected chi connectivity index (χ3v) is 4.14. The summed E-state index contributed by atoms with van der Waals surface area (Å²) in [7, 11) is 1.56. The van der Waals surface area contributed by atoms with E-state index in [1.165, 1.54) is 0 Å². The van der Waals surface area contributed by atoms with Crippen LogP contribution in [0.15, 0.2) is 0 Å². The predicted molar refractivity (Wildman–Crippen MR) is 61.0 cm³/mol. The molecule has 0 aromatic carbocycles. The molecule has 88 valence electrons. The van der Waals surface area contributed by atoms with Crippen LogP contribution in [0.3, 0.4) is 0 Å². The van der Waals surface area contributed by atoms with Crippen LogP contribution in [0.2, 0.25) is 0 Å². The van der Waals surface area contributed by atoms with Crippen LogP contribution in [0.5, 0.6) is 0 Å². The van der Waals surface area contributed by atoms with Crippen molar-refractivity contribution in [1.82, 2.24) is 5.32 Å². The number of aliphatic hydroxyl groups excluding tert-OH is 1. The highest BCUT2D eigenvalue weighted by molar-refractivity contribution is 8.01. The van der Waals surface area contributed by atoms with E-state index < -0.39 is 0 Å². The number of amides is 1. The van der Waals surface area contributed by atoms with Gasteiger partial charge in [-0.05, 0) is 25.5 Å². The molecule has 1 aliphatic rings. The van der Waals surface area contributed by atoms with Gasteiger partial charge in [-0.1, -0.05) is 0 Å². The smallest absolute Gasteiger partial charge is 0.236 e. The standard InChI is InChI=1S/C10H19NO3S/c1-10(4-3-5-15-10)9(13)11-8(6-12)7-14-2/h8,12H,3-7H2,1-2H3,(H,11,13). The van der Waals surface area contributed by atoms with Gasteiger partial charge < -0.3 is 15.2 Å². The molecule has 0 aromatic rings. The first-order valence-electron chi connectivity index (χ1n) is 5.17. The first-order valence-corrected chi connectivity index (χ1v) is 6.15. The lowest BCUT2D eigenvalue weighted by Crippen LogP contribution is -2.48. The van der Waals surface area contributed by atoms with Gasteiger partial charge in [-0.25, -0.2) is 0 Å². The SMILES string of the molecule is COCC(CO)NC(=O)C1(C)CCCS1. The Balaban J connectivity index is 2.45. The molecule has 1 heterocycles. The quantitative estimate of drug-likeness (QED) is 0.721. The van der Waals surface area contributed by atoms with Crippen molar-refractivity contribution >= 4 is 17.7 Å².